The van der Waals surface area contributed by atoms with Crippen LogP contribution in [0, 0.1) is 6.92 Å². The van der Waals surface area contributed by atoms with Crippen LogP contribution in [0.1, 0.15) is 28.3 Å². The lowest BCUT2D eigenvalue weighted by atomic mass is 9.86. The molecule has 2 heterocycles. The van der Waals surface area contributed by atoms with Gasteiger partial charge in [0.05, 0.1) is 0 Å². The molecular weight excluding hydrogens is 391 g/mol. The van der Waals surface area contributed by atoms with Gasteiger partial charge in [0.15, 0.2) is 0 Å². The number of nitrogens with zero attached hydrogens (tertiary/aromatic N) is 2. The summed E-state index contributed by atoms with van der Waals surface area (Å²) >= 11 is 12.5. The van der Waals surface area contributed by atoms with Gasteiger partial charge in [-0.3, -0.25) is 9.97 Å². The molecule has 140 valence electrons. The molecule has 1 unspecified atom stereocenters. The number of benzene rings is 2. The van der Waals surface area contributed by atoms with Gasteiger partial charge in [-0.2, -0.15) is 0 Å². The molecule has 28 heavy (non-hydrogen) atoms. The van der Waals surface area contributed by atoms with E-state index in [0.29, 0.717) is 22.0 Å². The number of hydrogen-bond acceptors (Lipinski definition) is 3. The Bertz CT molecular complexity index is 1140. The zero-order valence-corrected chi connectivity index (χ0v) is 16.7. The molecule has 3 nitrogen and oxygen atoms in total. The highest BCUT2D eigenvalue weighted by molar-refractivity contribution is 6.34. The molecule has 0 radical (unpaired) electrons. The number of aromatic hydroxyl groups is 1. The molecule has 0 amide bonds. The lowest BCUT2D eigenvalue weighted by Gasteiger charge is -2.20. The van der Waals surface area contributed by atoms with E-state index in [4.69, 9.17) is 23.2 Å². The first kappa shape index (κ1) is 18.7. The highest BCUT2D eigenvalue weighted by Crippen LogP contribution is 2.39. The van der Waals surface area contributed by atoms with Crippen molar-refractivity contribution in [3.05, 3.63) is 99.4 Å². The van der Waals surface area contributed by atoms with Crippen molar-refractivity contribution < 1.29 is 5.11 Å². The quantitative estimate of drug-likeness (QED) is 0.429. The number of pyridine rings is 2. The van der Waals surface area contributed by atoms with Crippen molar-refractivity contribution in [2.45, 2.75) is 19.3 Å². The predicted molar refractivity (Wildman–Crippen MR) is 114 cm³/mol. The van der Waals surface area contributed by atoms with E-state index in [2.05, 4.69) is 16.0 Å². The Kier molecular flexibility index (Phi) is 5.21. The Morgan fingerprint density at radius 2 is 1.71 bits per heavy atom. The SMILES string of the molecule is Cc1ccnc(CC(c2cc(Cl)cc(Cl)c2)c2ccc3cccnc3c2O)c1. The van der Waals surface area contributed by atoms with E-state index in [9.17, 15) is 5.11 Å². The van der Waals surface area contributed by atoms with Crippen LogP contribution in [0.15, 0.2) is 67.0 Å². The van der Waals surface area contributed by atoms with Gasteiger partial charge in [-0.1, -0.05) is 41.4 Å². The first-order valence-electron chi connectivity index (χ1n) is 8.95. The van der Waals surface area contributed by atoms with E-state index in [1.165, 1.54) is 0 Å². The number of rotatable bonds is 4. The average Bonchev–Trinajstić information content (AvgIpc) is 2.66. The number of hydrogen-bond donors (Lipinski definition) is 1. The summed E-state index contributed by atoms with van der Waals surface area (Å²) < 4.78 is 0. The summed E-state index contributed by atoms with van der Waals surface area (Å²) in [6.07, 6.45) is 4.08. The normalized spacial score (nSPS) is 12.2. The fraction of sp³-hybridized carbons (Fsp3) is 0.130. The summed E-state index contributed by atoms with van der Waals surface area (Å²) in [6, 6.07) is 17.2. The molecular formula is C23H18Cl2N2O. The van der Waals surface area contributed by atoms with Gasteiger partial charge >= 0.3 is 0 Å². The van der Waals surface area contributed by atoms with Crippen molar-refractivity contribution >= 4 is 34.1 Å². The van der Waals surface area contributed by atoms with Gasteiger partial charge in [0.2, 0.25) is 0 Å². The molecule has 1 atom stereocenters. The van der Waals surface area contributed by atoms with Crippen LogP contribution in [0.5, 0.6) is 5.75 Å². The van der Waals surface area contributed by atoms with Crippen LogP contribution >= 0.6 is 23.2 Å². The highest BCUT2D eigenvalue weighted by Gasteiger charge is 2.22. The van der Waals surface area contributed by atoms with Crippen molar-refractivity contribution in [2.24, 2.45) is 0 Å². The summed E-state index contributed by atoms with van der Waals surface area (Å²) in [5, 5.41) is 13.0. The number of aromatic nitrogens is 2. The minimum absolute atomic E-state index is 0.170. The molecule has 0 aliphatic rings. The maximum absolute atomic E-state index is 11.0. The van der Waals surface area contributed by atoms with Gasteiger partial charge in [0.25, 0.3) is 0 Å². The molecule has 4 rings (SSSR count). The van der Waals surface area contributed by atoms with Crippen LogP contribution < -0.4 is 0 Å². The third kappa shape index (κ3) is 3.82. The first-order chi connectivity index (χ1) is 13.5. The topological polar surface area (TPSA) is 46.0 Å². The standard InChI is InChI=1S/C23H18Cl2N2O/c1-14-6-8-26-19(9-14)13-21(16-10-17(24)12-18(25)11-16)20-5-4-15-3-2-7-27-22(15)23(20)28/h2-12,21,28H,13H2,1H3. The molecule has 0 fully saturated rings. The van der Waals surface area contributed by atoms with Crippen molar-refractivity contribution in [1.29, 1.82) is 0 Å². The lowest BCUT2D eigenvalue weighted by Crippen LogP contribution is -2.07. The predicted octanol–water partition coefficient (Wildman–Crippen LogP) is 6.33. The molecule has 5 heteroatoms. The van der Waals surface area contributed by atoms with Crippen LogP contribution in [0.3, 0.4) is 0 Å². The number of halogens is 2. The summed E-state index contributed by atoms with van der Waals surface area (Å²) in [6.45, 7) is 2.04. The molecule has 2 aromatic heterocycles. The largest absolute Gasteiger partial charge is 0.505 e. The number of phenols is 1. The molecule has 2 aromatic carbocycles. The second-order valence-electron chi connectivity index (χ2n) is 6.86. The molecule has 0 saturated carbocycles. The van der Waals surface area contributed by atoms with E-state index in [1.54, 1.807) is 18.5 Å². The van der Waals surface area contributed by atoms with Gasteiger partial charge in [-0.05, 0) is 54.4 Å². The van der Waals surface area contributed by atoms with Gasteiger partial charge in [-0.15, -0.1) is 0 Å². The highest BCUT2D eigenvalue weighted by atomic mass is 35.5. The summed E-state index contributed by atoms with van der Waals surface area (Å²) in [5.74, 6) is 0.00348. The average molecular weight is 409 g/mol. The van der Waals surface area contributed by atoms with E-state index in [1.807, 2.05) is 49.4 Å². The Morgan fingerprint density at radius 3 is 2.46 bits per heavy atom. The van der Waals surface area contributed by atoms with Crippen LogP contribution in [0.25, 0.3) is 10.9 Å². The maximum Gasteiger partial charge on any atom is 0.145 e. The van der Waals surface area contributed by atoms with Crippen LogP contribution in [-0.2, 0) is 6.42 Å². The number of fused-ring (bicyclic) bond motifs is 1. The fourth-order valence-electron chi connectivity index (χ4n) is 3.53. The Morgan fingerprint density at radius 1 is 0.929 bits per heavy atom. The van der Waals surface area contributed by atoms with Crippen LogP contribution in [-0.4, -0.2) is 15.1 Å². The molecule has 0 aliphatic heterocycles. The summed E-state index contributed by atoms with van der Waals surface area (Å²) in [4.78, 5) is 8.86. The minimum atomic E-state index is -0.170. The van der Waals surface area contributed by atoms with Gasteiger partial charge in [0, 0.05) is 51.4 Å². The van der Waals surface area contributed by atoms with E-state index in [-0.39, 0.29) is 11.7 Å². The second kappa shape index (κ2) is 7.78. The van der Waals surface area contributed by atoms with Gasteiger partial charge in [0.1, 0.15) is 11.3 Å². The molecule has 0 bridgehead atoms. The maximum atomic E-state index is 11.0. The van der Waals surface area contributed by atoms with Crippen molar-refractivity contribution in [3.63, 3.8) is 0 Å². The van der Waals surface area contributed by atoms with Gasteiger partial charge in [-0.25, -0.2) is 0 Å². The Hall–Kier alpha value is -2.62. The van der Waals surface area contributed by atoms with Crippen molar-refractivity contribution in [2.75, 3.05) is 0 Å². The zero-order chi connectivity index (χ0) is 19.7. The first-order valence-corrected chi connectivity index (χ1v) is 9.71. The third-order valence-electron chi connectivity index (χ3n) is 4.83. The summed E-state index contributed by atoms with van der Waals surface area (Å²) in [5.41, 5.74) is 4.34. The van der Waals surface area contributed by atoms with Crippen LogP contribution in [0.2, 0.25) is 10.0 Å². The molecule has 4 aromatic rings. The number of phenolic OH excluding ortho intramolecular Hbond substituents is 1. The monoisotopic (exact) mass is 408 g/mol. The zero-order valence-electron chi connectivity index (χ0n) is 15.2. The lowest BCUT2D eigenvalue weighted by molar-refractivity contribution is 0.469. The van der Waals surface area contributed by atoms with Gasteiger partial charge < -0.3 is 5.11 Å². The molecule has 0 spiro atoms. The number of aryl methyl sites for hydroxylation is 1. The van der Waals surface area contributed by atoms with Crippen molar-refractivity contribution in [3.8, 4) is 5.75 Å². The smallest absolute Gasteiger partial charge is 0.145 e. The Labute approximate surface area is 173 Å². The minimum Gasteiger partial charge on any atom is -0.505 e. The fourth-order valence-corrected chi connectivity index (χ4v) is 4.07. The third-order valence-corrected chi connectivity index (χ3v) is 5.26. The van der Waals surface area contributed by atoms with E-state index in [0.717, 1.165) is 27.8 Å². The van der Waals surface area contributed by atoms with E-state index >= 15 is 0 Å². The molecule has 0 saturated heterocycles. The van der Waals surface area contributed by atoms with Crippen molar-refractivity contribution in [1.82, 2.24) is 9.97 Å². The van der Waals surface area contributed by atoms with E-state index < -0.39 is 0 Å². The molecule has 1 N–H and O–H groups in total. The molecule has 0 aliphatic carbocycles. The summed E-state index contributed by atoms with van der Waals surface area (Å²) in [7, 11) is 0. The second-order valence-corrected chi connectivity index (χ2v) is 7.74. The van der Waals surface area contributed by atoms with Crippen LogP contribution in [0.4, 0.5) is 0 Å². The Balaban J connectivity index is 1.88.